The Morgan fingerprint density at radius 2 is 1.48 bits per heavy atom. The van der Waals surface area contributed by atoms with Gasteiger partial charge in [0.15, 0.2) is 23.3 Å². The molecule has 0 radical (unpaired) electrons. The number of hydrogen-bond acceptors (Lipinski definition) is 3. The second-order valence-corrected chi connectivity index (χ2v) is 4.22. The topological polar surface area (TPSA) is 45.1 Å². The molecule has 21 heavy (non-hydrogen) atoms. The first-order chi connectivity index (χ1) is 9.82. The van der Waals surface area contributed by atoms with Gasteiger partial charge in [0.1, 0.15) is 17.1 Å². The molecule has 0 bridgehead atoms. The molecule has 0 fully saturated rings. The number of rotatable bonds is 3. The first kappa shape index (κ1) is 15.0. The molecule has 0 saturated heterocycles. The lowest BCUT2D eigenvalue weighted by molar-refractivity contribution is 0.381. The van der Waals surface area contributed by atoms with Crippen molar-refractivity contribution in [2.45, 2.75) is 13.5 Å². The second kappa shape index (κ2) is 5.55. The standard InChI is InChI=1S/C13H9F5N2O/c1-5-2-3-7(21)6(20-5)4-19-13-11(17)9(15)8(14)10(16)12(13)18/h2-3,19,21H,4H2,1H3. The average molecular weight is 304 g/mol. The van der Waals surface area contributed by atoms with Crippen molar-refractivity contribution < 1.29 is 27.1 Å². The molecule has 1 aromatic carbocycles. The van der Waals surface area contributed by atoms with E-state index in [9.17, 15) is 27.1 Å². The lowest BCUT2D eigenvalue weighted by Crippen LogP contribution is -2.10. The summed E-state index contributed by atoms with van der Waals surface area (Å²) in [6, 6.07) is 2.80. The minimum absolute atomic E-state index is 0.0129. The highest BCUT2D eigenvalue weighted by Gasteiger charge is 2.25. The molecule has 0 amide bonds. The monoisotopic (exact) mass is 304 g/mol. The molecular formula is C13H9F5N2O. The molecule has 2 rings (SSSR count). The lowest BCUT2D eigenvalue weighted by Gasteiger charge is -2.11. The number of pyridine rings is 1. The van der Waals surface area contributed by atoms with Crippen LogP contribution in [-0.2, 0) is 6.54 Å². The number of aromatic nitrogens is 1. The summed E-state index contributed by atoms with van der Waals surface area (Å²) < 4.78 is 65.7. The molecule has 1 heterocycles. The highest BCUT2D eigenvalue weighted by molar-refractivity contribution is 5.48. The molecular weight excluding hydrogens is 295 g/mol. The Hall–Kier alpha value is -2.38. The van der Waals surface area contributed by atoms with Gasteiger partial charge in [0, 0.05) is 5.69 Å². The highest BCUT2D eigenvalue weighted by Crippen LogP contribution is 2.28. The van der Waals surface area contributed by atoms with Crippen LogP contribution in [0, 0.1) is 36.0 Å². The van der Waals surface area contributed by atoms with Crippen molar-refractivity contribution >= 4 is 5.69 Å². The van der Waals surface area contributed by atoms with Crippen molar-refractivity contribution in [3.8, 4) is 5.75 Å². The maximum absolute atomic E-state index is 13.4. The quantitative estimate of drug-likeness (QED) is 0.519. The largest absolute Gasteiger partial charge is 0.506 e. The van der Waals surface area contributed by atoms with E-state index < -0.39 is 41.3 Å². The molecule has 1 aromatic heterocycles. The Bertz CT molecular complexity index is 676. The molecule has 0 atom stereocenters. The smallest absolute Gasteiger partial charge is 0.200 e. The zero-order valence-corrected chi connectivity index (χ0v) is 10.6. The SMILES string of the molecule is Cc1ccc(O)c(CNc2c(F)c(F)c(F)c(F)c2F)n1. The van der Waals surface area contributed by atoms with Crippen LogP contribution >= 0.6 is 0 Å². The summed E-state index contributed by atoms with van der Waals surface area (Å²) in [5.74, 6) is -10.5. The van der Waals surface area contributed by atoms with E-state index >= 15 is 0 Å². The van der Waals surface area contributed by atoms with Gasteiger partial charge in [-0.3, -0.25) is 4.98 Å². The fourth-order valence-corrected chi connectivity index (χ4v) is 1.67. The predicted molar refractivity (Wildman–Crippen MR) is 64.2 cm³/mol. The van der Waals surface area contributed by atoms with Crippen LogP contribution in [0.15, 0.2) is 12.1 Å². The Morgan fingerprint density at radius 1 is 0.952 bits per heavy atom. The van der Waals surface area contributed by atoms with Crippen LogP contribution in [0.2, 0.25) is 0 Å². The summed E-state index contributed by atoms with van der Waals surface area (Å²) in [6.45, 7) is 1.20. The lowest BCUT2D eigenvalue weighted by atomic mass is 10.2. The van der Waals surface area contributed by atoms with Gasteiger partial charge in [-0.1, -0.05) is 0 Å². The molecule has 0 aliphatic rings. The highest BCUT2D eigenvalue weighted by atomic mass is 19.2. The van der Waals surface area contributed by atoms with Gasteiger partial charge >= 0.3 is 0 Å². The van der Waals surface area contributed by atoms with Crippen LogP contribution in [0.4, 0.5) is 27.6 Å². The number of nitrogens with one attached hydrogen (secondary N) is 1. The van der Waals surface area contributed by atoms with Crippen LogP contribution in [0.25, 0.3) is 0 Å². The zero-order chi connectivity index (χ0) is 15.7. The van der Waals surface area contributed by atoms with E-state index in [1.165, 1.54) is 12.1 Å². The summed E-state index contributed by atoms with van der Waals surface area (Å²) in [5.41, 5.74) is -0.643. The molecule has 0 aliphatic carbocycles. The van der Waals surface area contributed by atoms with E-state index in [0.717, 1.165) is 0 Å². The molecule has 0 spiro atoms. The van der Waals surface area contributed by atoms with Gasteiger partial charge in [-0.25, -0.2) is 22.0 Å². The predicted octanol–water partition coefficient (Wildman–Crippen LogP) is 3.40. The summed E-state index contributed by atoms with van der Waals surface area (Å²) in [4.78, 5) is 3.89. The zero-order valence-electron chi connectivity index (χ0n) is 10.6. The minimum atomic E-state index is -2.23. The van der Waals surface area contributed by atoms with E-state index in [4.69, 9.17) is 0 Å². The third-order valence-electron chi connectivity index (χ3n) is 2.73. The second-order valence-electron chi connectivity index (χ2n) is 4.22. The number of halogens is 5. The van der Waals surface area contributed by atoms with E-state index in [-0.39, 0.29) is 11.4 Å². The van der Waals surface area contributed by atoms with Gasteiger partial charge in [0.05, 0.1) is 6.54 Å². The third kappa shape index (κ3) is 2.74. The Kier molecular flexibility index (Phi) is 3.97. The average Bonchev–Trinajstić information content (AvgIpc) is 2.46. The Balaban J connectivity index is 2.35. The molecule has 8 heteroatoms. The molecule has 0 saturated carbocycles. The van der Waals surface area contributed by atoms with Gasteiger partial charge in [-0.05, 0) is 19.1 Å². The summed E-state index contributed by atoms with van der Waals surface area (Å²) in [6.07, 6.45) is 0. The van der Waals surface area contributed by atoms with Crippen LogP contribution in [0.5, 0.6) is 5.75 Å². The Morgan fingerprint density at radius 3 is 2.05 bits per heavy atom. The fourth-order valence-electron chi connectivity index (χ4n) is 1.67. The molecule has 112 valence electrons. The van der Waals surface area contributed by atoms with Gasteiger partial charge < -0.3 is 10.4 Å². The summed E-state index contributed by atoms with van der Waals surface area (Å²) in [7, 11) is 0. The van der Waals surface area contributed by atoms with E-state index in [1.807, 2.05) is 0 Å². The summed E-state index contributed by atoms with van der Waals surface area (Å²) in [5, 5.41) is 11.6. The fraction of sp³-hybridized carbons (Fsp3) is 0.154. The first-order valence-electron chi connectivity index (χ1n) is 5.73. The number of anilines is 1. The van der Waals surface area contributed by atoms with Crippen LogP contribution in [-0.4, -0.2) is 10.1 Å². The van der Waals surface area contributed by atoms with E-state index in [2.05, 4.69) is 10.3 Å². The van der Waals surface area contributed by atoms with Gasteiger partial charge in [-0.15, -0.1) is 0 Å². The van der Waals surface area contributed by atoms with Gasteiger partial charge in [0.25, 0.3) is 0 Å². The molecule has 3 nitrogen and oxygen atoms in total. The number of aryl methyl sites for hydroxylation is 1. The van der Waals surface area contributed by atoms with Crippen molar-refractivity contribution in [3.05, 3.63) is 52.6 Å². The van der Waals surface area contributed by atoms with Crippen molar-refractivity contribution in [1.29, 1.82) is 0 Å². The molecule has 2 N–H and O–H groups in total. The minimum Gasteiger partial charge on any atom is -0.506 e. The number of aromatic hydroxyl groups is 1. The van der Waals surface area contributed by atoms with Gasteiger partial charge in [0.2, 0.25) is 5.82 Å². The Labute approximate surface area is 116 Å². The van der Waals surface area contributed by atoms with Gasteiger partial charge in [-0.2, -0.15) is 0 Å². The van der Waals surface area contributed by atoms with Crippen LogP contribution in [0.1, 0.15) is 11.4 Å². The van der Waals surface area contributed by atoms with E-state index in [1.54, 1.807) is 6.92 Å². The number of nitrogens with zero attached hydrogens (tertiary/aromatic N) is 1. The van der Waals surface area contributed by atoms with Crippen molar-refractivity contribution in [2.75, 3.05) is 5.32 Å². The van der Waals surface area contributed by atoms with Crippen molar-refractivity contribution in [3.63, 3.8) is 0 Å². The maximum atomic E-state index is 13.4. The van der Waals surface area contributed by atoms with Crippen molar-refractivity contribution in [2.24, 2.45) is 0 Å². The molecule has 0 unspecified atom stereocenters. The summed E-state index contributed by atoms with van der Waals surface area (Å²) >= 11 is 0. The normalized spacial score (nSPS) is 10.8. The van der Waals surface area contributed by atoms with E-state index in [0.29, 0.717) is 5.69 Å². The van der Waals surface area contributed by atoms with Crippen LogP contribution < -0.4 is 5.32 Å². The van der Waals surface area contributed by atoms with Crippen LogP contribution in [0.3, 0.4) is 0 Å². The number of benzene rings is 1. The molecule has 0 aliphatic heterocycles. The van der Waals surface area contributed by atoms with Crippen molar-refractivity contribution in [1.82, 2.24) is 4.98 Å². The number of hydrogen-bond donors (Lipinski definition) is 2. The third-order valence-corrected chi connectivity index (χ3v) is 2.73. The maximum Gasteiger partial charge on any atom is 0.200 e. The molecule has 2 aromatic rings. The first-order valence-corrected chi connectivity index (χ1v) is 5.73.